The molecule has 3 aromatic rings. The van der Waals surface area contributed by atoms with Gasteiger partial charge in [-0.3, -0.25) is 19.0 Å². The monoisotopic (exact) mass is 484 g/mol. The number of ether oxygens (including phenoxy) is 1. The molecule has 0 unspecified atom stereocenters. The number of aromatic nitrogens is 3. The number of carbonyl (C=O) groups is 2. The van der Waals surface area contributed by atoms with Gasteiger partial charge in [-0.15, -0.1) is 0 Å². The minimum absolute atomic E-state index is 0.0438. The van der Waals surface area contributed by atoms with Crippen molar-refractivity contribution in [2.75, 3.05) is 30.4 Å². The van der Waals surface area contributed by atoms with Gasteiger partial charge in [-0.2, -0.15) is 4.98 Å². The van der Waals surface area contributed by atoms with E-state index in [-0.39, 0.29) is 35.9 Å². The van der Waals surface area contributed by atoms with E-state index in [1.54, 1.807) is 24.3 Å². The first-order chi connectivity index (χ1) is 16.4. The van der Waals surface area contributed by atoms with Crippen LogP contribution < -0.4 is 25.8 Å². The predicted octanol–water partition coefficient (Wildman–Crippen LogP) is 2.24. The van der Waals surface area contributed by atoms with Crippen LogP contribution in [0.2, 0.25) is 0 Å². The summed E-state index contributed by atoms with van der Waals surface area (Å²) in [7, 11) is 1.52. The van der Waals surface area contributed by atoms with E-state index in [0.717, 1.165) is 19.4 Å². The molecule has 2 amide bonds. The van der Waals surface area contributed by atoms with Crippen molar-refractivity contribution in [3.05, 3.63) is 40.9 Å². The highest BCUT2D eigenvalue weighted by molar-refractivity contribution is 7.22. The Balaban J connectivity index is 1.50. The summed E-state index contributed by atoms with van der Waals surface area (Å²) in [6.07, 6.45) is 3.03. The van der Waals surface area contributed by atoms with Crippen molar-refractivity contribution in [1.82, 2.24) is 19.9 Å². The Morgan fingerprint density at radius 2 is 2.09 bits per heavy atom. The molecule has 1 aliphatic rings. The number of nitrogens with zero attached hydrogens (tertiary/aromatic N) is 4. The second-order valence-corrected chi connectivity index (χ2v) is 9.50. The molecule has 4 rings (SSSR count). The Morgan fingerprint density at radius 3 is 2.85 bits per heavy atom. The molecule has 1 atom stereocenters. The average Bonchev–Trinajstić information content (AvgIpc) is 3.26. The van der Waals surface area contributed by atoms with E-state index < -0.39 is 0 Å². The fraction of sp³-hybridized carbons (Fsp3) is 0.435. The van der Waals surface area contributed by atoms with Gasteiger partial charge in [0.2, 0.25) is 11.8 Å². The first-order valence-corrected chi connectivity index (χ1v) is 12.0. The summed E-state index contributed by atoms with van der Waals surface area (Å²) in [6, 6.07) is 7.15. The first kappa shape index (κ1) is 23.7. The lowest BCUT2D eigenvalue weighted by molar-refractivity contribution is -0.125. The molecular formula is C23H28N6O4S. The third-order valence-electron chi connectivity index (χ3n) is 5.56. The number of benzene rings is 1. The number of amides is 2. The van der Waals surface area contributed by atoms with Crippen LogP contribution in [0.25, 0.3) is 10.3 Å². The number of hydrogen-bond acceptors (Lipinski definition) is 8. The molecule has 3 heterocycles. The fourth-order valence-corrected chi connectivity index (χ4v) is 4.95. The van der Waals surface area contributed by atoms with Crippen LogP contribution >= 0.6 is 11.3 Å². The van der Waals surface area contributed by atoms with Crippen LogP contribution in [-0.4, -0.2) is 52.6 Å². The molecule has 34 heavy (non-hydrogen) atoms. The van der Waals surface area contributed by atoms with Gasteiger partial charge < -0.3 is 20.3 Å². The zero-order chi connectivity index (χ0) is 24.2. The summed E-state index contributed by atoms with van der Waals surface area (Å²) in [4.78, 5) is 48.9. The van der Waals surface area contributed by atoms with Crippen molar-refractivity contribution in [3.63, 3.8) is 0 Å². The average molecular weight is 485 g/mol. The highest BCUT2D eigenvalue weighted by atomic mass is 32.1. The van der Waals surface area contributed by atoms with Gasteiger partial charge in [0, 0.05) is 19.1 Å². The number of anilines is 2. The molecule has 0 radical (unpaired) electrons. The zero-order valence-corrected chi connectivity index (χ0v) is 20.2. The molecule has 1 fully saturated rings. The van der Waals surface area contributed by atoms with Crippen molar-refractivity contribution >= 4 is 44.3 Å². The summed E-state index contributed by atoms with van der Waals surface area (Å²) >= 11 is 1.24. The molecule has 0 aliphatic carbocycles. The van der Waals surface area contributed by atoms with Crippen molar-refractivity contribution in [1.29, 1.82) is 0 Å². The van der Waals surface area contributed by atoms with Crippen LogP contribution in [0.4, 0.5) is 10.8 Å². The zero-order valence-electron chi connectivity index (χ0n) is 19.4. The summed E-state index contributed by atoms with van der Waals surface area (Å²) in [5.41, 5.74) is 0.550. The quantitative estimate of drug-likeness (QED) is 0.528. The van der Waals surface area contributed by atoms with Crippen LogP contribution in [0.1, 0.15) is 26.7 Å². The van der Waals surface area contributed by atoms with Gasteiger partial charge in [0.25, 0.3) is 5.56 Å². The molecular weight excluding hydrogens is 456 g/mol. The smallest absolute Gasteiger partial charge is 0.273 e. The number of fused-ring (bicyclic) bond motifs is 1. The van der Waals surface area contributed by atoms with E-state index in [0.29, 0.717) is 33.5 Å². The number of hydrogen-bond donors (Lipinski definition) is 2. The molecule has 0 saturated carbocycles. The molecule has 0 bridgehead atoms. The highest BCUT2D eigenvalue weighted by Gasteiger charge is 2.28. The standard InChI is InChI=1S/C23H28N6O4S/c1-14(2)25-21(31)15-7-6-10-28(11-15)23-27-20-19(34-23)22(32)29(13-24-20)12-18(30)26-16-8-4-5-9-17(16)33-3/h4-5,8-9,13-15H,6-7,10-12H2,1-3H3,(H,25,31)(H,26,30)/t15-/m0/s1. The maximum Gasteiger partial charge on any atom is 0.273 e. The summed E-state index contributed by atoms with van der Waals surface area (Å²) in [5.74, 6) is 0.0899. The number of thiazole rings is 1. The second kappa shape index (κ2) is 10.2. The molecule has 180 valence electrons. The molecule has 2 N–H and O–H groups in total. The lowest BCUT2D eigenvalue weighted by atomic mass is 9.97. The van der Waals surface area contributed by atoms with Crippen molar-refractivity contribution in [2.45, 2.75) is 39.3 Å². The largest absolute Gasteiger partial charge is 0.495 e. The van der Waals surface area contributed by atoms with Gasteiger partial charge in [0.15, 0.2) is 10.8 Å². The molecule has 2 aromatic heterocycles. The Morgan fingerprint density at radius 1 is 1.29 bits per heavy atom. The highest BCUT2D eigenvalue weighted by Crippen LogP contribution is 2.29. The van der Waals surface area contributed by atoms with Gasteiger partial charge in [0.05, 0.1) is 18.7 Å². The number of nitrogens with one attached hydrogen (secondary N) is 2. The van der Waals surface area contributed by atoms with E-state index in [1.165, 1.54) is 29.3 Å². The molecule has 1 aromatic carbocycles. The summed E-state index contributed by atoms with van der Waals surface area (Å²) in [5, 5.41) is 6.40. The number of carbonyl (C=O) groups excluding carboxylic acids is 2. The van der Waals surface area contributed by atoms with Gasteiger partial charge in [-0.05, 0) is 38.8 Å². The van der Waals surface area contributed by atoms with E-state index in [4.69, 9.17) is 4.74 Å². The van der Waals surface area contributed by atoms with E-state index >= 15 is 0 Å². The van der Waals surface area contributed by atoms with Gasteiger partial charge >= 0.3 is 0 Å². The number of rotatable bonds is 7. The topological polar surface area (TPSA) is 118 Å². The van der Waals surface area contributed by atoms with Crippen LogP contribution in [0, 0.1) is 5.92 Å². The SMILES string of the molecule is COc1ccccc1NC(=O)Cn1cnc2nc(N3CCC[C@H](C(=O)NC(C)C)C3)sc2c1=O. The molecule has 1 saturated heterocycles. The minimum atomic E-state index is -0.368. The fourth-order valence-electron chi connectivity index (χ4n) is 3.94. The predicted molar refractivity (Wildman–Crippen MR) is 132 cm³/mol. The number of para-hydroxylation sites is 2. The van der Waals surface area contributed by atoms with Gasteiger partial charge in [-0.25, -0.2) is 4.98 Å². The third kappa shape index (κ3) is 5.19. The normalized spacial score (nSPS) is 16.0. The Bertz CT molecular complexity index is 1250. The molecule has 1 aliphatic heterocycles. The Labute approximate surface area is 201 Å². The van der Waals surface area contributed by atoms with Gasteiger partial charge in [0.1, 0.15) is 23.3 Å². The lowest BCUT2D eigenvalue weighted by Crippen LogP contribution is -2.44. The van der Waals surface area contributed by atoms with Crippen LogP contribution in [0.3, 0.4) is 0 Å². The second-order valence-electron chi connectivity index (χ2n) is 8.52. The van der Waals surface area contributed by atoms with E-state index in [1.807, 2.05) is 18.7 Å². The van der Waals surface area contributed by atoms with Crippen molar-refractivity contribution in [2.24, 2.45) is 5.92 Å². The lowest BCUT2D eigenvalue weighted by Gasteiger charge is -2.32. The van der Waals surface area contributed by atoms with Gasteiger partial charge in [-0.1, -0.05) is 23.5 Å². The van der Waals surface area contributed by atoms with E-state index in [9.17, 15) is 14.4 Å². The molecule has 11 heteroatoms. The van der Waals surface area contributed by atoms with Crippen LogP contribution in [-0.2, 0) is 16.1 Å². The maximum absolute atomic E-state index is 13.0. The number of piperidine rings is 1. The molecule has 10 nitrogen and oxygen atoms in total. The van der Waals surface area contributed by atoms with E-state index in [2.05, 4.69) is 20.6 Å². The first-order valence-electron chi connectivity index (χ1n) is 11.2. The minimum Gasteiger partial charge on any atom is -0.495 e. The van der Waals surface area contributed by atoms with Crippen molar-refractivity contribution < 1.29 is 14.3 Å². The summed E-state index contributed by atoms with van der Waals surface area (Å²) in [6.45, 7) is 5.02. The summed E-state index contributed by atoms with van der Waals surface area (Å²) < 4.78 is 6.90. The Kier molecular flexibility index (Phi) is 7.11. The van der Waals surface area contributed by atoms with Crippen molar-refractivity contribution in [3.8, 4) is 5.75 Å². The Hall–Kier alpha value is -3.47. The maximum atomic E-state index is 13.0. The third-order valence-corrected chi connectivity index (χ3v) is 6.65. The van der Waals surface area contributed by atoms with Crippen LogP contribution in [0.5, 0.6) is 5.75 Å². The molecule has 0 spiro atoms. The van der Waals surface area contributed by atoms with Crippen LogP contribution in [0.15, 0.2) is 35.4 Å². The number of methoxy groups -OCH3 is 1.